The van der Waals surface area contributed by atoms with E-state index in [2.05, 4.69) is 40.7 Å². The summed E-state index contributed by atoms with van der Waals surface area (Å²) in [5.41, 5.74) is 4.64. The molecule has 1 aromatic carbocycles. The lowest BCUT2D eigenvalue weighted by atomic mass is 9.91. The molecule has 0 bridgehead atoms. The van der Waals surface area contributed by atoms with Crippen molar-refractivity contribution < 1.29 is 4.74 Å². The van der Waals surface area contributed by atoms with Gasteiger partial charge >= 0.3 is 0 Å². The van der Waals surface area contributed by atoms with Crippen LogP contribution in [0.3, 0.4) is 0 Å². The zero-order valence-corrected chi connectivity index (χ0v) is 16.3. The van der Waals surface area contributed by atoms with Crippen LogP contribution in [0.25, 0.3) is 11.0 Å². The Kier molecular flexibility index (Phi) is 4.27. The third-order valence-electron chi connectivity index (χ3n) is 6.50. The maximum atomic E-state index is 5.35. The average molecular weight is 364 g/mol. The second-order valence-corrected chi connectivity index (χ2v) is 8.13. The molecule has 1 fully saturated rings. The molecule has 2 aromatic rings. The molecule has 1 aliphatic carbocycles. The number of imidazole rings is 1. The molecule has 0 N–H and O–H groups in total. The summed E-state index contributed by atoms with van der Waals surface area (Å²) in [5.74, 6) is 2.36. The van der Waals surface area contributed by atoms with Crippen molar-refractivity contribution in [3.8, 4) is 0 Å². The van der Waals surface area contributed by atoms with Crippen LogP contribution in [-0.2, 0) is 17.7 Å². The zero-order valence-electron chi connectivity index (χ0n) is 16.3. The molecule has 1 atom stereocenters. The number of methoxy groups -OCH3 is 1. The van der Waals surface area contributed by atoms with E-state index in [0.29, 0.717) is 5.92 Å². The summed E-state index contributed by atoms with van der Waals surface area (Å²) >= 11 is 0. The van der Waals surface area contributed by atoms with E-state index in [0.717, 1.165) is 55.6 Å². The van der Waals surface area contributed by atoms with Crippen molar-refractivity contribution in [2.75, 3.05) is 20.2 Å². The summed E-state index contributed by atoms with van der Waals surface area (Å²) in [6.07, 6.45) is 8.25. The summed E-state index contributed by atoms with van der Waals surface area (Å²) in [7, 11) is 1.69. The highest BCUT2D eigenvalue weighted by atomic mass is 16.5. The van der Waals surface area contributed by atoms with E-state index < -0.39 is 0 Å². The SMILES string of the molecule is COC1=CCC(C)C(c2ccc3c(c2)nc2n3CCN(C3CCC3)CC2)=N1. The number of rotatable bonds is 3. The molecule has 3 heterocycles. The summed E-state index contributed by atoms with van der Waals surface area (Å²) in [4.78, 5) is 12.4. The molecule has 5 rings (SSSR count). The van der Waals surface area contributed by atoms with Gasteiger partial charge in [-0.25, -0.2) is 9.98 Å². The van der Waals surface area contributed by atoms with E-state index in [1.54, 1.807) is 7.11 Å². The maximum absolute atomic E-state index is 5.35. The first-order valence-electron chi connectivity index (χ1n) is 10.3. The molecule has 5 heteroatoms. The molecule has 0 radical (unpaired) electrons. The average Bonchev–Trinajstić information content (AvgIpc) is 2.87. The lowest BCUT2D eigenvalue weighted by Gasteiger charge is -2.36. The van der Waals surface area contributed by atoms with Crippen molar-refractivity contribution in [3.05, 3.63) is 41.5 Å². The Morgan fingerprint density at radius 3 is 2.81 bits per heavy atom. The Bertz CT molecular complexity index is 922. The van der Waals surface area contributed by atoms with Crippen molar-refractivity contribution in [3.63, 3.8) is 0 Å². The molecule has 1 aromatic heterocycles. The number of ether oxygens (including phenoxy) is 1. The molecule has 142 valence electrons. The fourth-order valence-corrected chi connectivity index (χ4v) is 4.62. The van der Waals surface area contributed by atoms with E-state index in [1.807, 2.05) is 0 Å². The highest BCUT2D eigenvalue weighted by molar-refractivity contribution is 6.05. The normalized spacial score (nSPS) is 24.0. The molecular weight excluding hydrogens is 336 g/mol. The fourth-order valence-electron chi connectivity index (χ4n) is 4.62. The Hall–Kier alpha value is -2.14. The van der Waals surface area contributed by atoms with Gasteiger partial charge in [0.15, 0.2) is 0 Å². The van der Waals surface area contributed by atoms with Crippen LogP contribution in [0.2, 0.25) is 0 Å². The molecule has 5 nitrogen and oxygen atoms in total. The van der Waals surface area contributed by atoms with Crippen LogP contribution in [0.5, 0.6) is 0 Å². The number of hydrogen-bond donors (Lipinski definition) is 0. The van der Waals surface area contributed by atoms with Crippen LogP contribution in [0, 0.1) is 5.92 Å². The van der Waals surface area contributed by atoms with Crippen molar-refractivity contribution in [1.29, 1.82) is 0 Å². The van der Waals surface area contributed by atoms with Gasteiger partial charge in [-0.3, -0.25) is 4.90 Å². The zero-order chi connectivity index (χ0) is 18.4. The van der Waals surface area contributed by atoms with Gasteiger partial charge in [-0.1, -0.05) is 19.4 Å². The first kappa shape index (κ1) is 17.0. The van der Waals surface area contributed by atoms with Crippen molar-refractivity contribution in [2.24, 2.45) is 10.9 Å². The molecule has 1 unspecified atom stereocenters. The minimum atomic E-state index is 0.401. The van der Waals surface area contributed by atoms with Crippen LogP contribution in [-0.4, -0.2) is 46.4 Å². The summed E-state index contributed by atoms with van der Waals surface area (Å²) in [6.45, 7) is 5.57. The second-order valence-electron chi connectivity index (χ2n) is 8.13. The van der Waals surface area contributed by atoms with Gasteiger partial charge in [-0.05, 0) is 43.0 Å². The minimum Gasteiger partial charge on any atom is -0.481 e. The molecule has 0 saturated heterocycles. The number of allylic oxidation sites excluding steroid dienone is 1. The second kappa shape index (κ2) is 6.79. The first-order valence-corrected chi connectivity index (χ1v) is 10.3. The van der Waals surface area contributed by atoms with Crippen molar-refractivity contribution in [2.45, 2.75) is 51.6 Å². The van der Waals surface area contributed by atoms with E-state index in [-0.39, 0.29) is 0 Å². The lowest BCUT2D eigenvalue weighted by molar-refractivity contribution is 0.130. The van der Waals surface area contributed by atoms with Crippen LogP contribution < -0.4 is 0 Å². The maximum Gasteiger partial charge on any atom is 0.209 e. The molecule has 0 spiro atoms. The van der Waals surface area contributed by atoms with Crippen LogP contribution in [0.1, 0.15) is 44.0 Å². The number of aromatic nitrogens is 2. The quantitative estimate of drug-likeness (QED) is 0.833. The summed E-state index contributed by atoms with van der Waals surface area (Å²) in [6, 6.07) is 7.48. The number of benzene rings is 1. The Balaban J connectivity index is 1.45. The van der Waals surface area contributed by atoms with E-state index in [4.69, 9.17) is 14.7 Å². The summed E-state index contributed by atoms with van der Waals surface area (Å²) < 4.78 is 7.79. The van der Waals surface area contributed by atoms with E-state index in [1.165, 1.54) is 36.2 Å². The third kappa shape index (κ3) is 2.98. The monoisotopic (exact) mass is 364 g/mol. The van der Waals surface area contributed by atoms with Gasteiger partial charge < -0.3 is 9.30 Å². The number of fused-ring (bicyclic) bond motifs is 3. The van der Waals surface area contributed by atoms with E-state index in [9.17, 15) is 0 Å². The van der Waals surface area contributed by atoms with Crippen LogP contribution in [0.4, 0.5) is 0 Å². The van der Waals surface area contributed by atoms with Gasteiger partial charge in [-0.15, -0.1) is 0 Å². The smallest absolute Gasteiger partial charge is 0.209 e. The first-order chi connectivity index (χ1) is 13.2. The van der Waals surface area contributed by atoms with E-state index >= 15 is 0 Å². The van der Waals surface area contributed by atoms with Gasteiger partial charge in [-0.2, -0.15) is 0 Å². The third-order valence-corrected chi connectivity index (χ3v) is 6.50. The van der Waals surface area contributed by atoms with Crippen LogP contribution >= 0.6 is 0 Å². The highest BCUT2D eigenvalue weighted by Crippen LogP contribution is 2.28. The van der Waals surface area contributed by atoms with Gasteiger partial charge in [0.1, 0.15) is 5.82 Å². The minimum absolute atomic E-state index is 0.401. The van der Waals surface area contributed by atoms with Crippen LogP contribution in [0.15, 0.2) is 35.2 Å². The molecule has 2 aliphatic heterocycles. The van der Waals surface area contributed by atoms with Gasteiger partial charge in [0, 0.05) is 38.0 Å². The number of hydrogen-bond acceptors (Lipinski definition) is 4. The lowest BCUT2D eigenvalue weighted by Crippen LogP contribution is -2.41. The highest BCUT2D eigenvalue weighted by Gasteiger charge is 2.27. The Morgan fingerprint density at radius 1 is 1.15 bits per heavy atom. The molecule has 0 amide bonds. The van der Waals surface area contributed by atoms with Crippen molar-refractivity contribution >= 4 is 16.7 Å². The predicted molar refractivity (Wildman–Crippen MR) is 108 cm³/mol. The largest absolute Gasteiger partial charge is 0.481 e. The molecule has 3 aliphatic rings. The molecule has 27 heavy (non-hydrogen) atoms. The molecule has 1 saturated carbocycles. The van der Waals surface area contributed by atoms with Crippen molar-refractivity contribution in [1.82, 2.24) is 14.5 Å². The predicted octanol–water partition coefficient (Wildman–Crippen LogP) is 3.76. The Morgan fingerprint density at radius 2 is 2.04 bits per heavy atom. The standard InChI is InChI=1S/C22H28N4O/c1-15-6-9-21(27-2)24-22(15)16-7-8-19-18(14-16)23-20-10-11-25(12-13-26(19)20)17-4-3-5-17/h7-9,14-15,17H,3-6,10-13H2,1-2H3. The number of nitrogens with zero attached hydrogens (tertiary/aromatic N) is 4. The summed E-state index contributed by atoms with van der Waals surface area (Å²) in [5, 5.41) is 0. The fraction of sp³-hybridized carbons (Fsp3) is 0.545. The number of aliphatic imine (C=N–C) groups is 1. The Labute approximate surface area is 160 Å². The van der Waals surface area contributed by atoms with Gasteiger partial charge in [0.05, 0.1) is 23.9 Å². The molecular formula is C22H28N4O. The topological polar surface area (TPSA) is 42.6 Å². The van der Waals surface area contributed by atoms with Gasteiger partial charge in [0.2, 0.25) is 5.88 Å². The van der Waals surface area contributed by atoms with Gasteiger partial charge in [0.25, 0.3) is 0 Å².